The van der Waals surface area contributed by atoms with E-state index in [-0.39, 0.29) is 31.5 Å². The van der Waals surface area contributed by atoms with Crippen LogP contribution < -0.4 is 5.32 Å². The fourth-order valence-corrected chi connectivity index (χ4v) is 9.46. The predicted molar refractivity (Wildman–Crippen MR) is 323 cm³/mol. The number of nitrogens with one attached hydrogen (secondary N) is 1. The van der Waals surface area contributed by atoms with E-state index in [1.807, 2.05) is 33.3 Å². The first-order valence-electron chi connectivity index (χ1n) is 31.3. The van der Waals surface area contributed by atoms with Crippen molar-refractivity contribution in [2.24, 2.45) is 0 Å². The van der Waals surface area contributed by atoms with E-state index in [1.54, 1.807) is 0 Å². The number of hydrogen-bond donors (Lipinski definition) is 2. The standard InChI is InChI=1S/C65H119N2O7P/c1-7-10-13-16-19-22-25-26-27-28-29-30-31-32-33-34-35-36-37-38-39-40-43-45-48-51-54-57-64(68)66-62(61-73-75(70,71)72-60-59-67(4,5)6)63(56-53-50-47-44-41-23-20-17-14-11-8-2)74-65(69)58-55-52-49-46-42-24-21-18-15-12-9-3/h18-19,21-22,26-27,29-30,32-33,53,56,62-63H,7-17,20,23-25,28,31,34-52,54-55,57-61H2,1-6H3,(H-,66,68,70,71)/p+1/b21-18-,22-19-,27-26-,30-29-,33-32-,56-53-. The molecule has 0 aliphatic rings. The molecule has 0 aromatic carbocycles. The maximum atomic E-state index is 13.5. The number of unbranched alkanes of at least 4 members (excludes halogenated alkanes) is 30. The number of esters is 1. The summed E-state index contributed by atoms with van der Waals surface area (Å²) in [5, 5.41) is 3.05. The molecule has 0 aromatic heterocycles. The van der Waals surface area contributed by atoms with Crippen LogP contribution in [0.25, 0.3) is 0 Å². The minimum absolute atomic E-state index is 0.0366. The average Bonchev–Trinajstić information content (AvgIpc) is 3.37. The van der Waals surface area contributed by atoms with Crippen molar-refractivity contribution in [3.8, 4) is 0 Å². The predicted octanol–water partition coefficient (Wildman–Crippen LogP) is 19.2. The van der Waals surface area contributed by atoms with Gasteiger partial charge >= 0.3 is 13.8 Å². The summed E-state index contributed by atoms with van der Waals surface area (Å²) in [5.74, 6) is -0.519. The number of quaternary nitrogens is 1. The third kappa shape index (κ3) is 56.0. The second-order valence-corrected chi connectivity index (χ2v) is 23.7. The van der Waals surface area contributed by atoms with Crippen LogP contribution in [-0.2, 0) is 27.9 Å². The first-order chi connectivity index (χ1) is 36.4. The lowest BCUT2D eigenvalue weighted by Gasteiger charge is -2.27. The number of carbonyl (C=O) groups is 2. The first-order valence-corrected chi connectivity index (χ1v) is 32.8. The molecule has 1 amide bonds. The van der Waals surface area contributed by atoms with Crippen molar-refractivity contribution >= 4 is 19.7 Å². The van der Waals surface area contributed by atoms with Gasteiger partial charge in [-0.2, -0.15) is 0 Å². The molecule has 0 aliphatic heterocycles. The van der Waals surface area contributed by atoms with Gasteiger partial charge in [-0.1, -0.05) is 242 Å². The summed E-state index contributed by atoms with van der Waals surface area (Å²) in [6.07, 6.45) is 70.5. The normalized spacial score (nSPS) is 14.2. The van der Waals surface area contributed by atoms with Gasteiger partial charge < -0.3 is 19.4 Å². The highest BCUT2D eigenvalue weighted by atomic mass is 31.2. The van der Waals surface area contributed by atoms with E-state index in [4.69, 9.17) is 13.8 Å². The molecule has 75 heavy (non-hydrogen) atoms. The number of nitrogens with zero attached hydrogens (tertiary/aromatic N) is 1. The summed E-state index contributed by atoms with van der Waals surface area (Å²) >= 11 is 0. The van der Waals surface area contributed by atoms with E-state index in [9.17, 15) is 19.0 Å². The van der Waals surface area contributed by atoms with Gasteiger partial charge in [0.15, 0.2) is 0 Å². The van der Waals surface area contributed by atoms with Crippen LogP contribution in [-0.4, -0.2) is 74.3 Å². The Labute approximate surface area is 463 Å². The van der Waals surface area contributed by atoms with Gasteiger partial charge in [0.05, 0.1) is 33.8 Å². The van der Waals surface area contributed by atoms with E-state index < -0.39 is 20.0 Å². The third-order valence-electron chi connectivity index (χ3n) is 13.6. The fourth-order valence-electron chi connectivity index (χ4n) is 8.73. The zero-order valence-electron chi connectivity index (χ0n) is 49.8. The van der Waals surface area contributed by atoms with E-state index in [1.165, 1.54) is 141 Å². The highest BCUT2D eigenvalue weighted by Gasteiger charge is 2.30. The molecule has 0 aliphatic carbocycles. The number of allylic oxidation sites excluding steroid dienone is 11. The van der Waals surface area contributed by atoms with E-state index in [0.29, 0.717) is 17.4 Å². The molecule has 0 rings (SSSR count). The molecule has 0 fully saturated rings. The SMILES string of the molecule is CCCC/C=C\CCCCCCCC(=O)OC(/C=C\CCCCCCCCCCC)C(COP(=O)(O)OCC[N+](C)(C)C)NC(=O)CCCCCCCCCCCCC/C=C\C/C=C\C/C=C\C/C=C\CCCCC. The Bertz CT molecular complexity index is 1510. The van der Waals surface area contributed by atoms with Crippen molar-refractivity contribution in [3.63, 3.8) is 0 Å². The first kappa shape index (κ1) is 72.5. The second kappa shape index (κ2) is 54.8. The molecule has 2 N–H and O–H groups in total. The average molecular weight is 1070 g/mol. The number of hydrogen-bond acceptors (Lipinski definition) is 6. The minimum Gasteiger partial charge on any atom is -0.456 e. The van der Waals surface area contributed by atoms with Crippen molar-refractivity contribution in [2.75, 3.05) is 40.9 Å². The number of phosphoric acid groups is 1. The zero-order chi connectivity index (χ0) is 55.0. The summed E-state index contributed by atoms with van der Waals surface area (Å²) < 4.78 is 30.6. The maximum Gasteiger partial charge on any atom is 0.472 e. The Morgan fingerprint density at radius 3 is 1.29 bits per heavy atom. The topological polar surface area (TPSA) is 111 Å². The Kier molecular flexibility index (Phi) is 52.9. The minimum atomic E-state index is -4.45. The molecule has 0 aromatic rings. The Balaban J connectivity index is 5.02. The molecule has 0 radical (unpaired) electrons. The summed E-state index contributed by atoms with van der Waals surface area (Å²) in [6.45, 7) is 6.93. The van der Waals surface area contributed by atoms with Gasteiger partial charge in [0.1, 0.15) is 19.3 Å². The van der Waals surface area contributed by atoms with Gasteiger partial charge in [-0.3, -0.25) is 18.6 Å². The third-order valence-corrected chi connectivity index (χ3v) is 14.6. The lowest BCUT2D eigenvalue weighted by atomic mass is 10.0. The highest BCUT2D eigenvalue weighted by molar-refractivity contribution is 7.47. The van der Waals surface area contributed by atoms with Crippen LogP contribution in [0.3, 0.4) is 0 Å². The molecule has 0 bridgehead atoms. The van der Waals surface area contributed by atoms with Gasteiger partial charge in [0.25, 0.3) is 0 Å². The van der Waals surface area contributed by atoms with Crippen molar-refractivity contribution in [2.45, 2.75) is 290 Å². The molecule has 3 unspecified atom stereocenters. The molecule has 0 saturated carbocycles. The van der Waals surface area contributed by atoms with Gasteiger partial charge in [0, 0.05) is 12.8 Å². The Morgan fingerprint density at radius 1 is 0.467 bits per heavy atom. The molecule has 9 nitrogen and oxygen atoms in total. The highest BCUT2D eigenvalue weighted by Crippen LogP contribution is 2.43. The Morgan fingerprint density at radius 2 is 0.827 bits per heavy atom. The van der Waals surface area contributed by atoms with Crippen molar-refractivity contribution in [3.05, 3.63) is 72.9 Å². The van der Waals surface area contributed by atoms with Crippen LogP contribution in [0.15, 0.2) is 72.9 Å². The molecule has 0 saturated heterocycles. The van der Waals surface area contributed by atoms with Crippen LogP contribution >= 0.6 is 7.82 Å². The van der Waals surface area contributed by atoms with E-state index >= 15 is 0 Å². The van der Waals surface area contributed by atoms with Gasteiger partial charge in [-0.25, -0.2) is 4.57 Å². The van der Waals surface area contributed by atoms with Gasteiger partial charge in [0.2, 0.25) is 5.91 Å². The summed E-state index contributed by atoms with van der Waals surface area (Å²) in [4.78, 5) is 37.6. The summed E-state index contributed by atoms with van der Waals surface area (Å²) in [5.41, 5.74) is 0. The molecule has 10 heteroatoms. The zero-order valence-corrected chi connectivity index (χ0v) is 50.7. The molecule has 3 atom stereocenters. The number of carbonyl (C=O) groups excluding carboxylic acids is 2. The number of rotatable bonds is 56. The largest absolute Gasteiger partial charge is 0.472 e. The lowest BCUT2D eigenvalue weighted by Crippen LogP contribution is -2.47. The second-order valence-electron chi connectivity index (χ2n) is 22.2. The summed E-state index contributed by atoms with van der Waals surface area (Å²) in [7, 11) is 1.49. The van der Waals surface area contributed by atoms with Crippen LogP contribution in [0.1, 0.15) is 278 Å². The Hall–Kier alpha value is -2.55. The molecule has 0 spiro atoms. The smallest absolute Gasteiger partial charge is 0.456 e. The molecular weight excluding hydrogens is 952 g/mol. The van der Waals surface area contributed by atoms with Crippen molar-refractivity contribution in [1.29, 1.82) is 0 Å². The van der Waals surface area contributed by atoms with Gasteiger partial charge in [-0.05, 0) is 96.0 Å². The van der Waals surface area contributed by atoms with Crippen molar-refractivity contribution < 1.29 is 37.3 Å². The van der Waals surface area contributed by atoms with Crippen LogP contribution in [0, 0.1) is 0 Å². The van der Waals surface area contributed by atoms with Crippen molar-refractivity contribution in [1.82, 2.24) is 5.32 Å². The molecular formula is C65H120N2O7P+. The van der Waals surface area contributed by atoms with Crippen LogP contribution in [0.5, 0.6) is 0 Å². The van der Waals surface area contributed by atoms with E-state index in [2.05, 4.69) is 86.8 Å². The van der Waals surface area contributed by atoms with Crippen LogP contribution in [0.2, 0.25) is 0 Å². The fraction of sp³-hybridized carbons (Fsp3) is 0.785. The maximum absolute atomic E-state index is 13.5. The molecule has 436 valence electrons. The summed E-state index contributed by atoms with van der Waals surface area (Å²) in [6, 6.07) is -0.854. The number of amides is 1. The monoisotopic (exact) mass is 1070 g/mol. The number of ether oxygens (including phenoxy) is 1. The van der Waals surface area contributed by atoms with Crippen LogP contribution in [0.4, 0.5) is 0 Å². The lowest BCUT2D eigenvalue weighted by molar-refractivity contribution is -0.870. The molecule has 0 heterocycles. The van der Waals surface area contributed by atoms with E-state index in [0.717, 1.165) is 103 Å². The quantitative estimate of drug-likeness (QED) is 0.0205. The number of likely N-dealkylation sites (N-methyl/N-ethyl adjacent to an activating group) is 1. The van der Waals surface area contributed by atoms with Gasteiger partial charge in [-0.15, -0.1) is 0 Å². The number of phosphoric ester groups is 1.